The molecule has 0 amide bonds. The summed E-state index contributed by atoms with van der Waals surface area (Å²) in [5.74, 6) is -1.67. The van der Waals surface area contributed by atoms with Gasteiger partial charge in [0.05, 0.1) is 0 Å². The van der Waals surface area contributed by atoms with Crippen molar-refractivity contribution in [2.75, 3.05) is 0 Å². The fourth-order valence-corrected chi connectivity index (χ4v) is 1.31. The quantitative estimate of drug-likeness (QED) is 0.573. The summed E-state index contributed by atoms with van der Waals surface area (Å²) in [6.45, 7) is -0.0383. The molecule has 0 saturated carbocycles. The molecule has 5 nitrogen and oxygen atoms in total. The number of aromatic hydroxyl groups is 2. The number of esters is 1. The molecule has 1 aromatic carbocycles. The van der Waals surface area contributed by atoms with Crippen LogP contribution in [0, 0.1) is 0 Å². The Bertz CT molecular complexity index is 477. The Kier molecular flexibility index (Phi) is 1.67. The van der Waals surface area contributed by atoms with Crippen LogP contribution < -0.4 is 5.43 Å². The van der Waals surface area contributed by atoms with Gasteiger partial charge in [0.2, 0.25) is 5.43 Å². The Morgan fingerprint density at radius 1 is 1.14 bits per heavy atom. The largest absolute Gasteiger partial charge is 0.507 e. The zero-order chi connectivity index (χ0) is 10.3. The van der Waals surface area contributed by atoms with Gasteiger partial charge in [-0.15, -0.1) is 0 Å². The average molecular weight is 194 g/mol. The minimum atomic E-state index is -0.732. The lowest BCUT2D eigenvalue weighted by molar-refractivity contribution is 0.0532. The van der Waals surface area contributed by atoms with E-state index in [9.17, 15) is 14.7 Å². The van der Waals surface area contributed by atoms with Crippen molar-refractivity contribution in [1.29, 1.82) is 0 Å². The van der Waals surface area contributed by atoms with Gasteiger partial charge in [0.15, 0.2) is 5.75 Å². The van der Waals surface area contributed by atoms with Crippen molar-refractivity contribution in [2.24, 2.45) is 0 Å². The molecule has 72 valence electrons. The number of hydrogen-bond acceptors (Lipinski definition) is 5. The van der Waals surface area contributed by atoms with Gasteiger partial charge in [-0.3, -0.25) is 4.79 Å². The zero-order valence-electron chi connectivity index (χ0n) is 6.98. The van der Waals surface area contributed by atoms with E-state index in [1.54, 1.807) is 0 Å². The van der Waals surface area contributed by atoms with Crippen molar-refractivity contribution < 1.29 is 19.7 Å². The first-order valence-electron chi connectivity index (χ1n) is 3.86. The molecule has 2 rings (SSSR count). The van der Waals surface area contributed by atoms with Gasteiger partial charge < -0.3 is 14.9 Å². The van der Waals surface area contributed by atoms with Crippen LogP contribution in [0.3, 0.4) is 0 Å². The maximum atomic E-state index is 11.1. The van der Waals surface area contributed by atoms with Gasteiger partial charge in [-0.05, 0) is 6.07 Å². The van der Waals surface area contributed by atoms with Crippen molar-refractivity contribution in [2.45, 2.75) is 6.61 Å². The maximum Gasteiger partial charge on any atom is 0.342 e. The second-order valence-electron chi connectivity index (χ2n) is 2.90. The second-order valence-corrected chi connectivity index (χ2v) is 2.90. The molecule has 0 fully saturated rings. The fraction of sp³-hybridized carbons (Fsp3) is 0.111. The predicted octanol–water partition coefficient (Wildman–Crippen LogP) is 0.128. The summed E-state index contributed by atoms with van der Waals surface area (Å²) in [5, 5.41) is 18.5. The van der Waals surface area contributed by atoms with Gasteiger partial charge in [0.25, 0.3) is 0 Å². The van der Waals surface area contributed by atoms with Crippen LogP contribution in [0.15, 0.2) is 16.9 Å². The Balaban J connectivity index is 2.86. The molecule has 0 bridgehead atoms. The number of cyclic esters (lactones) is 1. The van der Waals surface area contributed by atoms with Crippen molar-refractivity contribution in [3.63, 3.8) is 0 Å². The molecule has 0 aromatic heterocycles. The van der Waals surface area contributed by atoms with Crippen molar-refractivity contribution >= 4 is 5.97 Å². The van der Waals surface area contributed by atoms with Crippen LogP contribution in [0.25, 0.3) is 0 Å². The first-order chi connectivity index (χ1) is 6.59. The highest BCUT2D eigenvalue weighted by molar-refractivity contribution is 5.96. The average Bonchev–Trinajstić information content (AvgIpc) is 2.41. The molecule has 0 radical (unpaired) electrons. The van der Waals surface area contributed by atoms with Crippen LogP contribution in [0.2, 0.25) is 0 Å². The molecule has 0 atom stereocenters. The van der Waals surface area contributed by atoms with Gasteiger partial charge in [-0.2, -0.15) is 0 Å². The van der Waals surface area contributed by atoms with E-state index in [1.807, 2.05) is 0 Å². The van der Waals surface area contributed by atoms with E-state index in [4.69, 9.17) is 5.11 Å². The first kappa shape index (κ1) is 8.55. The molecule has 0 aliphatic carbocycles. The van der Waals surface area contributed by atoms with Crippen LogP contribution in [0.1, 0.15) is 15.9 Å². The second kappa shape index (κ2) is 2.73. The lowest BCUT2D eigenvalue weighted by Crippen LogP contribution is -1.96. The van der Waals surface area contributed by atoms with Gasteiger partial charge in [-0.1, -0.05) is 0 Å². The summed E-state index contributed by atoms with van der Waals surface area (Å²) in [4.78, 5) is 22.1. The van der Waals surface area contributed by atoms with Crippen molar-refractivity contribution in [3.05, 3.63) is 33.5 Å². The molecular weight excluding hydrogens is 188 g/mol. The molecule has 5 heteroatoms. The van der Waals surface area contributed by atoms with Gasteiger partial charge in [-0.25, -0.2) is 4.79 Å². The number of carbonyl (C=O) groups is 1. The highest BCUT2D eigenvalue weighted by atomic mass is 16.5. The summed E-state index contributed by atoms with van der Waals surface area (Å²) in [5.41, 5.74) is -0.473. The van der Waals surface area contributed by atoms with E-state index in [1.165, 1.54) is 0 Å². The van der Waals surface area contributed by atoms with E-state index < -0.39 is 22.9 Å². The van der Waals surface area contributed by atoms with E-state index in [0.29, 0.717) is 5.56 Å². The third kappa shape index (κ3) is 1.10. The number of rotatable bonds is 0. The lowest BCUT2D eigenvalue weighted by atomic mass is 10.2. The topological polar surface area (TPSA) is 83.8 Å². The molecule has 0 unspecified atom stereocenters. The smallest absolute Gasteiger partial charge is 0.342 e. The molecule has 1 aliphatic heterocycles. The van der Waals surface area contributed by atoms with Crippen molar-refractivity contribution in [3.8, 4) is 11.5 Å². The Morgan fingerprint density at radius 2 is 1.86 bits per heavy atom. The summed E-state index contributed by atoms with van der Waals surface area (Å²) >= 11 is 0. The van der Waals surface area contributed by atoms with Crippen LogP contribution >= 0.6 is 0 Å². The van der Waals surface area contributed by atoms with Crippen LogP contribution in [-0.4, -0.2) is 16.2 Å². The first-order valence-corrected chi connectivity index (χ1v) is 3.86. The number of carbonyl (C=O) groups excluding carboxylic acids is 1. The zero-order valence-corrected chi connectivity index (χ0v) is 6.98. The number of fused-ring (bicyclic) bond motifs is 1. The summed E-state index contributed by atoms with van der Waals surface area (Å²) in [6.07, 6.45) is 0. The van der Waals surface area contributed by atoms with E-state index in [2.05, 4.69) is 4.74 Å². The fourth-order valence-electron chi connectivity index (χ4n) is 1.31. The van der Waals surface area contributed by atoms with E-state index >= 15 is 0 Å². The van der Waals surface area contributed by atoms with Crippen LogP contribution in [-0.2, 0) is 11.3 Å². The third-order valence-corrected chi connectivity index (χ3v) is 1.97. The van der Waals surface area contributed by atoms with E-state index in [0.717, 1.165) is 12.1 Å². The van der Waals surface area contributed by atoms with Gasteiger partial charge in [0.1, 0.15) is 17.9 Å². The van der Waals surface area contributed by atoms with Crippen molar-refractivity contribution in [1.82, 2.24) is 0 Å². The monoisotopic (exact) mass is 194 g/mol. The minimum Gasteiger partial charge on any atom is -0.507 e. The third-order valence-electron chi connectivity index (χ3n) is 1.97. The Hall–Kier alpha value is -2.04. The summed E-state index contributed by atoms with van der Waals surface area (Å²) < 4.78 is 4.63. The molecule has 0 saturated heterocycles. The predicted molar refractivity (Wildman–Crippen MR) is 45.2 cm³/mol. The van der Waals surface area contributed by atoms with Gasteiger partial charge >= 0.3 is 5.97 Å². The van der Waals surface area contributed by atoms with Gasteiger partial charge in [0, 0.05) is 11.6 Å². The summed E-state index contributed by atoms with van der Waals surface area (Å²) in [7, 11) is 0. The highest BCUT2D eigenvalue weighted by Crippen LogP contribution is 2.27. The highest BCUT2D eigenvalue weighted by Gasteiger charge is 2.25. The lowest BCUT2D eigenvalue weighted by Gasteiger charge is -1.89. The normalized spacial score (nSPS) is 13.6. The van der Waals surface area contributed by atoms with E-state index in [-0.39, 0.29) is 12.2 Å². The molecule has 1 aromatic rings. The molecule has 1 heterocycles. The van der Waals surface area contributed by atoms with Crippen LogP contribution in [0.5, 0.6) is 11.5 Å². The standard InChI is InChI=1S/C9H6O5/c10-5-1-4-3-14-9(13)8(4)7(12)2-6(5)11/h1-2,12H,3H2,(H,10,11). The Labute approximate surface area is 78.2 Å². The molecule has 1 aliphatic rings. The molecule has 2 N–H and O–H groups in total. The molecule has 14 heavy (non-hydrogen) atoms. The SMILES string of the molecule is O=C1OCc2cc(O)c(=O)cc(O)c21. The Morgan fingerprint density at radius 3 is 2.57 bits per heavy atom. The molecular formula is C9H6O5. The minimum absolute atomic E-state index is 0.0383. The number of hydrogen-bond donors (Lipinski definition) is 2. The van der Waals surface area contributed by atoms with Crippen LogP contribution in [0.4, 0.5) is 0 Å². The number of ether oxygens (including phenoxy) is 1. The maximum absolute atomic E-state index is 11.1. The molecule has 0 spiro atoms. The summed E-state index contributed by atoms with van der Waals surface area (Å²) in [6, 6.07) is 1.92.